The highest BCUT2D eigenvalue weighted by Crippen LogP contribution is 2.16. The van der Waals surface area contributed by atoms with E-state index in [1.54, 1.807) is 24.3 Å². The highest BCUT2D eigenvalue weighted by Gasteiger charge is 2.15. The molecule has 0 amide bonds. The Morgan fingerprint density at radius 3 is 2.22 bits per heavy atom. The molecule has 1 aromatic carbocycles. The van der Waals surface area contributed by atoms with E-state index in [1.165, 1.54) is 0 Å². The van der Waals surface area contributed by atoms with Gasteiger partial charge in [-0.2, -0.15) is 0 Å². The average Bonchev–Trinajstić information content (AvgIpc) is 2.74. The van der Waals surface area contributed by atoms with Crippen molar-refractivity contribution in [1.82, 2.24) is 15.0 Å². The largest absolute Gasteiger partial charge is 0.543 e. The van der Waals surface area contributed by atoms with E-state index in [2.05, 4.69) is 26.2 Å². The van der Waals surface area contributed by atoms with Gasteiger partial charge in [-0.3, -0.25) is 0 Å². The van der Waals surface area contributed by atoms with Gasteiger partial charge in [-0.05, 0) is 24.3 Å². The molecule has 1 aromatic heterocycles. The Morgan fingerprint density at radius 1 is 1.11 bits per heavy atom. The van der Waals surface area contributed by atoms with Crippen LogP contribution in [0.2, 0.25) is 0 Å². The molecule has 0 aliphatic carbocycles. The summed E-state index contributed by atoms with van der Waals surface area (Å²) in [5.74, 6) is -3.42. The Bertz CT molecular complexity index is 621. The summed E-state index contributed by atoms with van der Waals surface area (Å²) in [5.41, 5.74) is -1.08. The molecule has 0 radical (unpaired) electrons. The molecule has 2 rings (SSSR count). The minimum Gasteiger partial charge on any atom is -0.543 e. The van der Waals surface area contributed by atoms with Gasteiger partial charge in [0.2, 0.25) is 0 Å². The van der Waals surface area contributed by atoms with E-state index in [0.717, 1.165) is 9.15 Å². The number of benzene rings is 1. The van der Waals surface area contributed by atoms with Crippen LogP contribution in [0.3, 0.4) is 0 Å². The Kier molecular flexibility index (Phi) is 3.11. The monoisotopic (exact) mass is 309 g/mol. The van der Waals surface area contributed by atoms with Crippen LogP contribution in [-0.2, 0) is 0 Å². The van der Waals surface area contributed by atoms with Crippen LogP contribution >= 0.6 is 15.9 Å². The molecular formula is C10H4BrN3O4-2. The van der Waals surface area contributed by atoms with E-state index < -0.39 is 23.3 Å². The van der Waals surface area contributed by atoms with Crippen molar-refractivity contribution < 1.29 is 19.8 Å². The van der Waals surface area contributed by atoms with Crippen molar-refractivity contribution in [3.05, 3.63) is 40.1 Å². The Morgan fingerprint density at radius 2 is 1.72 bits per heavy atom. The smallest absolute Gasteiger partial charge is 0.138 e. The standard InChI is InChI=1S/C10H6BrN3O4/c11-5-1-3-6(4-2-5)14-8(10(17)18)7(9(15)16)12-13-14/h1-4H,(H,15,16)(H,17,18)/p-2. The summed E-state index contributed by atoms with van der Waals surface area (Å²) < 4.78 is 1.65. The lowest BCUT2D eigenvalue weighted by molar-refractivity contribution is -0.260. The molecule has 1 heterocycles. The van der Waals surface area contributed by atoms with Crippen LogP contribution in [0.15, 0.2) is 28.7 Å². The molecule has 2 aromatic rings. The number of carboxylic acid groups (broad SMARTS) is 2. The third-order valence-corrected chi connectivity index (χ3v) is 2.66. The molecule has 0 atom stereocenters. The Hall–Kier alpha value is -2.22. The Labute approximate surface area is 109 Å². The Balaban J connectivity index is 2.61. The quantitative estimate of drug-likeness (QED) is 0.701. The first kappa shape index (κ1) is 12.2. The van der Waals surface area contributed by atoms with Crippen LogP contribution in [-0.4, -0.2) is 26.9 Å². The fourth-order valence-corrected chi connectivity index (χ4v) is 1.63. The number of hydrogen-bond donors (Lipinski definition) is 0. The van der Waals surface area contributed by atoms with Crippen LogP contribution in [0.25, 0.3) is 5.69 Å². The highest BCUT2D eigenvalue weighted by atomic mass is 79.9. The molecule has 0 saturated heterocycles. The predicted molar refractivity (Wildman–Crippen MR) is 57.7 cm³/mol. The molecule has 0 aliphatic rings. The number of carbonyl (C=O) groups excluding carboxylic acids is 2. The van der Waals surface area contributed by atoms with Crippen molar-refractivity contribution >= 4 is 27.9 Å². The molecule has 0 unspecified atom stereocenters. The molecule has 0 aliphatic heterocycles. The lowest BCUT2D eigenvalue weighted by atomic mass is 10.3. The van der Waals surface area contributed by atoms with E-state index in [1.807, 2.05) is 0 Å². The summed E-state index contributed by atoms with van der Waals surface area (Å²) in [6.07, 6.45) is 0. The van der Waals surface area contributed by atoms with E-state index in [0.29, 0.717) is 5.69 Å². The second kappa shape index (κ2) is 4.57. The topological polar surface area (TPSA) is 111 Å². The number of aromatic carboxylic acids is 2. The number of carboxylic acids is 2. The summed E-state index contributed by atoms with van der Waals surface area (Å²) in [6.45, 7) is 0. The van der Waals surface area contributed by atoms with Crippen LogP contribution in [0.5, 0.6) is 0 Å². The summed E-state index contributed by atoms with van der Waals surface area (Å²) in [6, 6.07) is 6.39. The van der Waals surface area contributed by atoms with Gasteiger partial charge >= 0.3 is 0 Å². The van der Waals surface area contributed by atoms with Gasteiger partial charge in [-0.25, -0.2) is 4.68 Å². The van der Waals surface area contributed by atoms with Crippen molar-refractivity contribution in [2.24, 2.45) is 0 Å². The van der Waals surface area contributed by atoms with Gasteiger partial charge < -0.3 is 19.8 Å². The average molecular weight is 310 g/mol. The fourth-order valence-electron chi connectivity index (χ4n) is 1.37. The molecule has 18 heavy (non-hydrogen) atoms. The van der Waals surface area contributed by atoms with E-state index in [-0.39, 0.29) is 0 Å². The van der Waals surface area contributed by atoms with Crippen molar-refractivity contribution in [1.29, 1.82) is 0 Å². The number of aromatic nitrogens is 3. The first-order valence-corrected chi connectivity index (χ1v) is 5.44. The van der Waals surface area contributed by atoms with Crippen LogP contribution < -0.4 is 10.2 Å². The number of nitrogens with zero attached hydrogens (tertiary/aromatic N) is 3. The molecule has 0 bridgehead atoms. The number of hydrogen-bond acceptors (Lipinski definition) is 6. The third-order valence-electron chi connectivity index (χ3n) is 2.13. The van der Waals surface area contributed by atoms with Crippen molar-refractivity contribution in [3.63, 3.8) is 0 Å². The second-order valence-corrected chi connectivity index (χ2v) is 4.17. The highest BCUT2D eigenvalue weighted by molar-refractivity contribution is 9.10. The fraction of sp³-hybridized carbons (Fsp3) is 0. The van der Waals surface area contributed by atoms with Crippen molar-refractivity contribution in [2.75, 3.05) is 0 Å². The summed E-state index contributed by atoms with van der Waals surface area (Å²) in [7, 11) is 0. The normalized spacial score (nSPS) is 10.3. The maximum absolute atomic E-state index is 10.9. The summed E-state index contributed by atoms with van der Waals surface area (Å²) >= 11 is 3.22. The summed E-state index contributed by atoms with van der Waals surface area (Å²) in [5, 5.41) is 28.4. The SMILES string of the molecule is O=C([O-])c1nnn(-c2ccc(Br)cc2)c1C(=O)[O-]. The van der Waals surface area contributed by atoms with Gasteiger partial charge in [0.15, 0.2) is 0 Å². The van der Waals surface area contributed by atoms with Crippen LogP contribution in [0.1, 0.15) is 21.0 Å². The number of carbonyl (C=O) groups is 2. The molecule has 0 saturated carbocycles. The molecular weight excluding hydrogens is 306 g/mol. The minimum atomic E-state index is -1.72. The molecule has 92 valence electrons. The maximum Gasteiger partial charge on any atom is 0.138 e. The third kappa shape index (κ3) is 2.09. The van der Waals surface area contributed by atoms with Gasteiger partial charge in [0.25, 0.3) is 0 Å². The van der Waals surface area contributed by atoms with Crippen LogP contribution in [0, 0.1) is 0 Å². The minimum absolute atomic E-state index is 0.345. The zero-order valence-corrected chi connectivity index (χ0v) is 10.2. The van der Waals surface area contributed by atoms with E-state index >= 15 is 0 Å². The maximum atomic E-state index is 10.9. The zero-order valence-electron chi connectivity index (χ0n) is 8.66. The molecule has 8 heteroatoms. The molecule has 0 spiro atoms. The van der Waals surface area contributed by atoms with Gasteiger partial charge in [0.05, 0.1) is 17.6 Å². The van der Waals surface area contributed by atoms with Crippen LogP contribution in [0.4, 0.5) is 0 Å². The zero-order chi connectivity index (χ0) is 13.3. The lowest BCUT2D eigenvalue weighted by Crippen LogP contribution is -2.31. The summed E-state index contributed by atoms with van der Waals surface area (Å²) in [4.78, 5) is 21.6. The van der Waals surface area contributed by atoms with Crippen molar-refractivity contribution in [3.8, 4) is 5.69 Å². The van der Waals surface area contributed by atoms with E-state index in [4.69, 9.17) is 0 Å². The predicted octanol–water partition coefficient (Wildman–Crippen LogP) is -1.24. The molecule has 0 fully saturated rings. The van der Waals surface area contributed by atoms with E-state index in [9.17, 15) is 19.8 Å². The second-order valence-electron chi connectivity index (χ2n) is 3.25. The first-order chi connectivity index (χ1) is 8.50. The first-order valence-electron chi connectivity index (χ1n) is 4.65. The molecule has 7 nitrogen and oxygen atoms in total. The molecule has 0 N–H and O–H groups in total. The number of rotatable bonds is 3. The lowest BCUT2D eigenvalue weighted by Gasteiger charge is -2.08. The van der Waals surface area contributed by atoms with Gasteiger partial charge in [-0.15, -0.1) is 5.10 Å². The van der Waals surface area contributed by atoms with Crippen molar-refractivity contribution in [2.45, 2.75) is 0 Å². The van der Waals surface area contributed by atoms with Gasteiger partial charge in [-0.1, -0.05) is 21.1 Å². The van der Waals surface area contributed by atoms with Gasteiger partial charge in [0, 0.05) is 4.47 Å². The van der Waals surface area contributed by atoms with Gasteiger partial charge in [0.1, 0.15) is 11.4 Å². The number of halogens is 1.